The van der Waals surface area contributed by atoms with Crippen LogP contribution in [0.15, 0.2) is 24.3 Å². The summed E-state index contributed by atoms with van der Waals surface area (Å²) in [7, 11) is 0. The third-order valence-corrected chi connectivity index (χ3v) is 4.24. The number of alkyl halides is 1. The van der Waals surface area contributed by atoms with Gasteiger partial charge in [0.05, 0.1) is 0 Å². The number of benzene rings is 1. The van der Waals surface area contributed by atoms with Gasteiger partial charge in [-0.3, -0.25) is 4.79 Å². The molecule has 2 nitrogen and oxygen atoms in total. The number of rotatable bonds is 5. The quantitative estimate of drug-likeness (QED) is 0.757. The highest BCUT2D eigenvalue weighted by Gasteiger charge is 2.25. The normalized spacial score (nSPS) is 18.8. The third kappa shape index (κ3) is 3.97. The summed E-state index contributed by atoms with van der Waals surface area (Å²) < 4.78 is 0. The largest absolute Gasteiger partial charge is 0.342 e. The van der Waals surface area contributed by atoms with Crippen LogP contribution in [-0.4, -0.2) is 29.8 Å². The van der Waals surface area contributed by atoms with Gasteiger partial charge in [-0.15, -0.1) is 11.6 Å². The second-order valence-corrected chi connectivity index (χ2v) is 5.78. The molecule has 1 aromatic carbocycles. The van der Waals surface area contributed by atoms with Crippen LogP contribution >= 0.6 is 11.6 Å². The molecule has 1 fully saturated rings. The topological polar surface area (TPSA) is 20.3 Å². The number of amides is 1. The predicted octanol–water partition coefficient (Wildman–Crippen LogP) is 3.41. The molecule has 1 amide bonds. The highest BCUT2D eigenvalue weighted by molar-refractivity contribution is 6.17. The molecule has 1 atom stereocenters. The maximum absolute atomic E-state index is 12.2. The summed E-state index contributed by atoms with van der Waals surface area (Å²) in [5, 5.41) is 0. The summed E-state index contributed by atoms with van der Waals surface area (Å²) >= 11 is 5.76. The lowest BCUT2D eigenvalue weighted by molar-refractivity contribution is -0.130. The maximum atomic E-state index is 12.2. The van der Waals surface area contributed by atoms with Crippen LogP contribution < -0.4 is 0 Å². The van der Waals surface area contributed by atoms with Crippen LogP contribution in [0.4, 0.5) is 0 Å². The van der Waals surface area contributed by atoms with Gasteiger partial charge in [0.25, 0.3) is 0 Å². The van der Waals surface area contributed by atoms with Crippen molar-refractivity contribution in [3.63, 3.8) is 0 Å². The fourth-order valence-electron chi connectivity index (χ4n) is 2.74. The van der Waals surface area contributed by atoms with E-state index in [-0.39, 0.29) is 0 Å². The summed E-state index contributed by atoms with van der Waals surface area (Å²) in [5.41, 5.74) is 2.56. The van der Waals surface area contributed by atoms with Crippen LogP contribution in [0.2, 0.25) is 0 Å². The number of hydrogen-bond acceptors (Lipinski definition) is 1. The van der Waals surface area contributed by atoms with Gasteiger partial charge in [-0.05, 0) is 43.2 Å². The lowest BCUT2D eigenvalue weighted by Crippen LogP contribution is -2.29. The molecule has 1 saturated heterocycles. The van der Waals surface area contributed by atoms with Crippen molar-refractivity contribution in [2.24, 2.45) is 5.92 Å². The highest BCUT2D eigenvalue weighted by Crippen LogP contribution is 2.21. The van der Waals surface area contributed by atoms with Crippen molar-refractivity contribution >= 4 is 17.5 Å². The number of carbonyl (C=O) groups excluding carboxylic acids is 1. The minimum Gasteiger partial charge on any atom is -0.342 e. The van der Waals surface area contributed by atoms with Crippen molar-refractivity contribution in [1.29, 1.82) is 0 Å². The lowest BCUT2D eigenvalue weighted by atomic mass is 10.0. The van der Waals surface area contributed by atoms with Crippen molar-refractivity contribution in [2.75, 3.05) is 19.0 Å². The minimum absolute atomic E-state index is 0.292. The van der Waals surface area contributed by atoms with Crippen LogP contribution in [-0.2, 0) is 11.2 Å². The Morgan fingerprint density at radius 1 is 1.42 bits per heavy atom. The van der Waals surface area contributed by atoms with Gasteiger partial charge in [-0.2, -0.15) is 0 Å². The van der Waals surface area contributed by atoms with Gasteiger partial charge in [-0.25, -0.2) is 0 Å². The summed E-state index contributed by atoms with van der Waals surface area (Å²) in [6.45, 7) is 3.92. The van der Waals surface area contributed by atoms with Crippen molar-refractivity contribution in [3.8, 4) is 0 Å². The Labute approximate surface area is 120 Å². The van der Waals surface area contributed by atoms with Gasteiger partial charge in [-0.1, -0.05) is 24.3 Å². The van der Waals surface area contributed by atoms with Gasteiger partial charge < -0.3 is 4.90 Å². The van der Waals surface area contributed by atoms with Crippen molar-refractivity contribution < 1.29 is 4.79 Å². The molecular weight excluding hydrogens is 258 g/mol. The smallest absolute Gasteiger partial charge is 0.222 e. The fourth-order valence-corrected chi connectivity index (χ4v) is 3.05. The van der Waals surface area contributed by atoms with Gasteiger partial charge in [0.1, 0.15) is 0 Å². The molecule has 0 aliphatic carbocycles. The van der Waals surface area contributed by atoms with E-state index in [2.05, 4.69) is 19.1 Å². The van der Waals surface area contributed by atoms with Crippen LogP contribution in [0.3, 0.4) is 0 Å². The van der Waals surface area contributed by atoms with E-state index in [9.17, 15) is 4.79 Å². The molecule has 1 heterocycles. The molecule has 0 saturated carbocycles. The van der Waals surface area contributed by atoms with E-state index >= 15 is 0 Å². The average molecular weight is 280 g/mol. The second-order valence-electron chi connectivity index (χ2n) is 5.40. The molecule has 1 unspecified atom stereocenters. The summed E-state index contributed by atoms with van der Waals surface area (Å²) in [6.07, 6.45) is 3.62. The zero-order valence-electron chi connectivity index (χ0n) is 11.6. The summed E-state index contributed by atoms with van der Waals surface area (Å²) in [6, 6.07) is 8.30. The van der Waals surface area contributed by atoms with Crippen LogP contribution in [0.25, 0.3) is 0 Å². The molecule has 0 spiro atoms. The third-order valence-electron chi connectivity index (χ3n) is 4.03. The number of aryl methyl sites for hydroxylation is 2. The van der Waals surface area contributed by atoms with Crippen LogP contribution in [0, 0.1) is 12.8 Å². The zero-order valence-corrected chi connectivity index (χ0v) is 12.3. The van der Waals surface area contributed by atoms with E-state index in [1.807, 2.05) is 17.0 Å². The number of nitrogens with zero attached hydrogens (tertiary/aromatic N) is 1. The lowest BCUT2D eigenvalue weighted by Gasteiger charge is -2.16. The van der Waals surface area contributed by atoms with Crippen molar-refractivity contribution in [2.45, 2.75) is 32.6 Å². The first-order valence-electron chi connectivity index (χ1n) is 7.09. The fraction of sp³-hybridized carbons (Fsp3) is 0.562. The Hall–Kier alpha value is -1.02. The average Bonchev–Trinajstić information content (AvgIpc) is 2.87. The van der Waals surface area contributed by atoms with E-state index in [4.69, 9.17) is 11.6 Å². The molecule has 2 rings (SSSR count). The van der Waals surface area contributed by atoms with Gasteiger partial charge in [0.15, 0.2) is 0 Å². The van der Waals surface area contributed by atoms with Gasteiger partial charge in [0.2, 0.25) is 5.91 Å². The van der Waals surface area contributed by atoms with E-state index < -0.39 is 0 Å². The molecule has 1 aliphatic rings. The summed E-state index contributed by atoms with van der Waals surface area (Å²) in [5.74, 6) is 1.61. The molecule has 1 aliphatic heterocycles. The van der Waals surface area contributed by atoms with Crippen LogP contribution in [0.1, 0.15) is 30.4 Å². The molecule has 104 valence electrons. The Morgan fingerprint density at radius 3 is 2.95 bits per heavy atom. The van der Waals surface area contributed by atoms with Crippen LogP contribution in [0.5, 0.6) is 0 Å². The number of hydrogen-bond donors (Lipinski definition) is 0. The first-order valence-corrected chi connectivity index (χ1v) is 7.62. The summed E-state index contributed by atoms with van der Waals surface area (Å²) in [4.78, 5) is 14.2. The van der Waals surface area contributed by atoms with E-state index in [0.29, 0.717) is 24.1 Å². The molecule has 1 aromatic rings. The molecule has 19 heavy (non-hydrogen) atoms. The molecular formula is C16H22ClNO. The number of halogens is 1. The molecule has 3 heteroatoms. The van der Waals surface area contributed by atoms with E-state index in [1.165, 1.54) is 11.1 Å². The second kappa shape index (κ2) is 6.95. The Bertz CT molecular complexity index is 433. The first kappa shape index (κ1) is 14.4. The standard InChI is InChI=1S/C16H22ClNO/c1-13-4-2-3-5-15(13)6-7-16(19)18-11-9-14(12-18)8-10-17/h2-5,14H,6-12H2,1H3. The number of likely N-dealkylation sites (tertiary alicyclic amines) is 1. The molecule has 0 radical (unpaired) electrons. The maximum Gasteiger partial charge on any atom is 0.222 e. The van der Waals surface area contributed by atoms with Gasteiger partial charge >= 0.3 is 0 Å². The van der Waals surface area contributed by atoms with E-state index in [0.717, 1.165) is 32.4 Å². The molecule has 0 bridgehead atoms. The Morgan fingerprint density at radius 2 is 2.21 bits per heavy atom. The molecule has 0 N–H and O–H groups in total. The van der Waals surface area contributed by atoms with Crippen molar-refractivity contribution in [3.05, 3.63) is 35.4 Å². The Kier molecular flexibility index (Phi) is 5.26. The Balaban J connectivity index is 1.81. The number of carbonyl (C=O) groups is 1. The zero-order chi connectivity index (χ0) is 13.7. The molecule has 0 aromatic heterocycles. The first-order chi connectivity index (χ1) is 9.20. The highest BCUT2D eigenvalue weighted by atomic mass is 35.5. The van der Waals surface area contributed by atoms with E-state index in [1.54, 1.807) is 0 Å². The predicted molar refractivity (Wildman–Crippen MR) is 79.5 cm³/mol. The monoisotopic (exact) mass is 279 g/mol. The SMILES string of the molecule is Cc1ccccc1CCC(=O)N1CCC(CCCl)C1. The minimum atomic E-state index is 0.292. The van der Waals surface area contributed by atoms with Crippen molar-refractivity contribution in [1.82, 2.24) is 4.90 Å². The van der Waals surface area contributed by atoms with Gasteiger partial charge in [0, 0.05) is 25.4 Å².